The molecule has 21 heavy (non-hydrogen) atoms. The first-order chi connectivity index (χ1) is 9.79. The second kappa shape index (κ2) is 6.03. The predicted octanol–water partition coefficient (Wildman–Crippen LogP) is 3.78. The first-order valence-electron chi connectivity index (χ1n) is 6.29. The van der Waals surface area contributed by atoms with Crippen molar-refractivity contribution >= 4 is 29.0 Å². The summed E-state index contributed by atoms with van der Waals surface area (Å²) in [6.07, 6.45) is 1.97. The van der Waals surface area contributed by atoms with Crippen molar-refractivity contribution in [1.29, 1.82) is 0 Å². The average Bonchev–Trinajstić information content (AvgIpc) is 2.90. The molecular formula is C14H15Cl2N3O2. The predicted molar refractivity (Wildman–Crippen MR) is 80.6 cm³/mol. The Morgan fingerprint density at radius 2 is 1.86 bits per heavy atom. The van der Waals surface area contributed by atoms with Crippen molar-refractivity contribution in [3.05, 3.63) is 40.9 Å². The Kier molecular flexibility index (Phi) is 4.54. The number of ketones is 1. The summed E-state index contributed by atoms with van der Waals surface area (Å²) in [5.41, 5.74) is -0.589. The molecule has 0 spiro atoms. The van der Waals surface area contributed by atoms with E-state index in [1.165, 1.54) is 17.2 Å². The third-order valence-electron chi connectivity index (χ3n) is 2.80. The van der Waals surface area contributed by atoms with Crippen molar-refractivity contribution in [3.8, 4) is 5.75 Å². The molecule has 112 valence electrons. The van der Waals surface area contributed by atoms with Gasteiger partial charge in [-0.3, -0.25) is 9.36 Å². The van der Waals surface area contributed by atoms with Crippen molar-refractivity contribution in [2.75, 3.05) is 0 Å². The number of hydrogen-bond donors (Lipinski definition) is 0. The van der Waals surface area contributed by atoms with Crippen molar-refractivity contribution < 1.29 is 9.53 Å². The van der Waals surface area contributed by atoms with E-state index in [2.05, 4.69) is 10.2 Å². The van der Waals surface area contributed by atoms with E-state index in [-0.39, 0.29) is 5.78 Å². The number of carbonyl (C=O) groups excluding carboxylic acids is 1. The van der Waals surface area contributed by atoms with Gasteiger partial charge < -0.3 is 4.74 Å². The van der Waals surface area contributed by atoms with Crippen molar-refractivity contribution in [2.45, 2.75) is 27.0 Å². The zero-order valence-corrected chi connectivity index (χ0v) is 13.4. The quantitative estimate of drug-likeness (QED) is 0.857. The van der Waals surface area contributed by atoms with Crippen LogP contribution >= 0.6 is 23.2 Å². The Balaban J connectivity index is 2.35. The van der Waals surface area contributed by atoms with Crippen LogP contribution in [0.2, 0.25) is 10.0 Å². The Bertz CT molecular complexity index is 636. The standard InChI is InChI=1S/C14H15Cl2N3O2/c1-14(2,3)12(20)13(19-7-17-18-8-19)21-11-5-4-9(15)6-10(11)16/h4-8,13H,1-3H3. The Morgan fingerprint density at radius 3 is 2.38 bits per heavy atom. The smallest absolute Gasteiger partial charge is 0.238 e. The summed E-state index contributed by atoms with van der Waals surface area (Å²) < 4.78 is 7.27. The first-order valence-corrected chi connectivity index (χ1v) is 7.05. The molecule has 1 atom stereocenters. The molecule has 0 amide bonds. The van der Waals surface area contributed by atoms with Gasteiger partial charge in [-0.15, -0.1) is 10.2 Å². The second-order valence-corrected chi connectivity index (χ2v) is 6.41. The second-order valence-electron chi connectivity index (χ2n) is 5.57. The van der Waals surface area contributed by atoms with Gasteiger partial charge in [0, 0.05) is 10.4 Å². The van der Waals surface area contributed by atoms with Gasteiger partial charge in [-0.2, -0.15) is 0 Å². The Hall–Kier alpha value is -1.59. The molecule has 0 N–H and O–H groups in total. The first kappa shape index (κ1) is 15.8. The molecule has 0 fully saturated rings. The Morgan fingerprint density at radius 1 is 1.24 bits per heavy atom. The lowest BCUT2D eigenvalue weighted by Crippen LogP contribution is -2.33. The van der Waals surface area contributed by atoms with Crippen LogP contribution in [0.4, 0.5) is 0 Å². The van der Waals surface area contributed by atoms with Crippen LogP contribution in [-0.4, -0.2) is 20.5 Å². The summed E-state index contributed by atoms with van der Waals surface area (Å²) in [6.45, 7) is 5.46. The topological polar surface area (TPSA) is 57.0 Å². The molecule has 0 aliphatic carbocycles. The van der Waals surface area contributed by atoms with Gasteiger partial charge in [0.25, 0.3) is 0 Å². The van der Waals surface area contributed by atoms with Crippen LogP contribution in [0.25, 0.3) is 0 Å². The number of Topliss-reactive ketones (excluding diaryl/α,β-unsaturated/α-hetero) is 1. The largest absolute Gasteiger partial charge is 0.461 e. The lowest BCUT2D eigenvalue weighted by Gasteiger charge is -2.26. The molecule has 7 heteroatoms. The maximum absolute atomic E-state index is 12.6. The highest BCUT2D eigenvalue weighted by Gasteiger charge is 2.33. The average molecular weight is 328 g/mol. The van der Waals surface area contributed by atoms with Crippen LogP contribution in [0.5, 0.6) is 5.75 Å². The third-order valence-corrected chi connectivity index (χ3v) is 3.33. The van der Waals surface area contributed by atoms with Gasteiger partial charge in [0.2, 0.25) is 6.23 Å². The van der Waals surface area contributed by atoms with Gasteiger partial charge in [0.1, 0.15) is 18.4 Å². The van der Waals surface area contributed by atoms with Crippen molar-refractivity contribution in [3.63, 3.8) is 0 Å². The monoisotopic (exact) mass is 327 g/mol. The summed E-state index contributed by atoms with van der Waals surface area (Å²) >= 11 is 11.9. The van der Waals surface area contributed by atoms with E-state index in [1.807, 2.05) is 20.8 Å². The van der Waals surface area contributed by atoms with Gasteiger partial charge in [0.15, 0.2) is 5.78 Å². The number of rotatable bonds is 4. The maximum atomic E-state index is 12.6. The number of benzene rings is 1. The van der Waals surface area contributed by atoms with Gasteiger partial charge >= 0.3 is 0 Å². The minimum Gasteiger partial charge on any atom is -0.461 e. The van der Waals surface area contributed by atoms with Gasteiger partial charge in [0.05, 0.1) is 5.02 Å². The highest BCUT2D eigenvalue weighted by atomic mass is 35.5. The fourth-order valence-corrected chi connectivity index (χ4v) is 2.09. The summed E-state index contributed by atoms with van der Waals surface area (Å²) in [5.74, 6) is 0.255. The number of carbonyl (C=O) groups is 1. The molecule has 2 aromatic rings. The molecule has 0 aliphatic heterocycles. The van der Waals surface area contributed by atoms with Crippen molar-refractivity contribution in [1.82, 2.24) is 14.8 Å². The number of aromatic nitrogens is 3. The highest BCUT2D eigenvalue weighted by Crippen LogP contribution is 2.32. The van der Waals surface area contributed by atoms with Gasteiger partial charge in [-0.25, -0.2) is 0 Å². The third kappa shape index (κ3) is 3.74. The van der Waals surface area contributed by atoms with Crippen LogP contribution in [0.3, 0.4) is 0 Å². The summed E-state index contributed by atoms with van der Waals surface area (Å²) in [7, 11) is 0. The van der Waals surface area contributed by atoms with Crippen LogP contribution < -0.4 is 4.74 Å². The van der Waals surface area contributed by atoms with E-state index < -0.39 is 11.6 Å². The minimum absolute atomic E-state index is 0.117. The number of hydrogen-bond acceptors (Lipinski definition) is 4. The Labute approximate surface area is 132 Å². The maximum Gasteiger partial charge on any atom is 0.238 e. The molecule has 0 bridgehead atoms. The van der Waals surface area contributed by atoms with Crippen LogP contribution in [-0.2, 0) is 4.79 Å². The number of ether oxygens (including phenoxy) is 1. The normalized spacial score (nSPS) is 13.0. The van der Waals surface area contributed by atoms with Gasteiger partial charge in [-0.1, -0.05) is 44.0 Å². The fraction of sp³-hybridized carbons (Fsp3) is 0.357. The molecule has 0 aliphatic rings. The van der Waals surface area contributed by atoms with Crippen LogP contribution in [0.1, 0.15) is 27.0 Å². The summed E-state index contributed by atoms with van der Waals surface area (Å²) in [5, 5.41) is 8.26. The molecular weight excluding hydrogens is 313 g/mol. The molecule has 0 saturated heterocycles. The minimum atomic E-state index is -0.890. The zero-order valence-electron chi connectivity index (χ0n) is 11.9. The number of halogens is 2. The fourth-order valence-electron chi connectivity index (χ4n) is 1.64. The van der Waals surface area contributed by atoms with E-state index in [1.54, 1.807) is 18.2 Å². The summed E-state index contributed by atoms with van der Waals surface area (Å²) in [6, 6.07) is 4.83. The number of nitrogens with zero attached hydrogens (tertiary/aromatic N) is 3. The molecule has 1 unspecified atom stereocenters. The molecule has 0 radical (unpaired) electrons. The molecule has 1 aromatic carbocycles. The van der Waals surface area contributed by atoms with Crippen molar-refractivity contribution in [2.24, 2.45) is 5.41 Å². The summed E-state index contributed by atoms with van der Waals surface area (Å²) in [4.78, 5) is 12.6. The molecule has 2 rings (SSSR count). The van der Waals surface area contributed by atoms with E-state index >= 15 is 0 Å². The molecule has 1 heterocycles. The van der Waals surface area contributed by atoms with E-state index in [0.29, 0.717) is 15.8 Å². The van der Waals surface area contributed by atoms with E-state index in [4.69, 9.17) is 27.9 Å². The molecule has 5 nitrogen and oxygen atoms in total. The lowest BCUT2D eigenvalue weighted by molar-refractivity contribution is -0.137. The van der Waals surface area contributed by atoms with E-state index in [0.717, 1.165) is 0 Å². The highest BCUT2D eigenvalue weighted by molar-refractivity contribution is 6.35. The van der Waals surface area contributed by atoms with Crippen LogP contribution in [0.15, 0.2) is 30.9 Å². The van der Waals surface area contributed by atoms with E-state index in [9.17, 15) is 4.79 Å². The van der Waals surface area contributed by atoms with Gasteiger partial charge in [-0.05, 0) is 18.2 Å². The zero-order chi connectivity index (χ0) is 15.6. The molecule has 0 saturated carbocycles. The lowest BCUT2D eigenvalue weighted by atomic mass is 9.89. The SMILES string of the molecule is CC(C)(C)C(=O)C(Oc1ccc(Cl)cc1Cl)n1cnnc1. The van der Waals surface area contributed by atoms with Crippen LogP contribution in [0, 0.1) is 5.41 Å². The molecule has 1 aromatic heterocycles.